The van der Waals surface area contributed by atoms with Crippen LogP contribution in [0.2, 0.25) is 0 Å². The lowest BCUT2D eigenvalue weighted by Gasteiger charge is -2.00. The summed E-state index contributed by atoms with van der Waals surface area (Å²) >= 11 is 0. The maximum Gasteiger partial charge on any atom is 0.174 e. The Bertz CT molecular complexity index is 341. The normalized spacial score (nSPS) is 9.77. The van der Waals surface area contributed by atoms with Crippen LogP contribution < -0.4 is 10.6 Å². The minimum Gasteiger partial charge on any atom is -0.479 e. The van der Waals surface area contributed by atoms with Crippen molar-refractivity contribution in [2.45, 2.75) is 0 Å². The molecule has 0 aliphatic carbocycles. The van der Waals surface area contributed by atoms with E-state index in [1.54, 1.807) is 12.1 Å². The number of nitriles is 1. The Kier molecular flexibility index (Phi) is 3.33. The molecule has 1 aromatic rings. The topological polar surface area (TPSA) is 71.4 Å². The Labute approximate surface area is 76.2 Å². The second-order valence-corrected chi connectivity index (χ2v) is 2.30. The van der Waals surface area contributed by atoms with Gasteiger partial charge in [0.2, 0.25) is 0 Å². The Morgan fingerprint density at radius 1 is 1.62 bits per heavy atom. The van der Waals surface area contributed by atoms with E-state index in [2.05, 4.69) is 5.10 Å². The van der Waals surface area contributed by atoms with Gasteiger partial charge >= 0.3 is 0 Å². The summed E-state index contributed by atoms with van der Waals surface area (Å²) in [6, 6.07) is 9.07. The monoisotopic (exact) mass is 175 g/mol. The van der Waals surface area contributed by atoms with Crippen LogP contribution in [0.5, 0.6) is 5.75 Å². The fourth-order valence-corrected chi connectivity index (χ4v) is 0.886. The molecular formula is C9H9N3O. The third kappa shape index (κ3) is 2.83. The van der Waals surface area contributed by atoms with Gasteiger partial charge in [-0.25, -0.2) is 0 Å². The van der Waals surface area contributed by atoms with E-state index in [0.717, 1.165) is 5.56 Å². The highest BCUT2D eigenvalue weighted by Crippen LogP contribution is 2.11. The van der Waals surface area contributed by atoms with Crippen molar-refractivity contribution in [2.24, 2.45) is 10.9 Å². The number of hydrazone groups is 1. The summed E-state index contributed by atoms with van der Waals surface area (Å²) in [5, 5.41) is 11.7. The molecular weight excluding hydrogens is 166 g/mol. The number of rotatable bonds is 3. The van der Waals surface area contributed by atoms with E-state index >= 15 is 0 Å². The number of hydrogen-bond acceptors (Lipinski definition) is 4. The lowest BCUT2D eigenvalue weighted by atomic mass is 10.2. The van der Waals surface area contributed by atoms with Crippen molar-refractivity contribution in [1.29, 1.82) is 5.26 Å². The zero-order chi connectivity index (χ0) is 9.52. The van der Waals surface area contributed by atoms with Crippen LogP contribution in [0, 0.1) is 11.3 Å². The Balaban J connectivity index is 2.74. The first-order chi connectivity index (χ1) is 6.36. The molecule has 0 heterocycles. The summed E-state index contributed by atoms with van der Waals surface area (Å²) in [4.78, 5) is 0. The van der Waals surface area contributed by atoms with E-state index in [1.165, 1.54) is 6.21 Å². The highest BCUT2D eigenvalue weighted by Gasteiger charge is 1.93. The molecule has 0 saturated heterocycles. The molecule has 4 heteroatoms. The second kappa shape index (κ2) is 4.78. The predicted octanol–water partition coefficient (Wildman–Crippen LogP) is 0.882. The van der Waals surface area contributed by atoms with E-state index in [4.69, 9.17) is 15.8 Å². The summed E-state index contributed by atoms with van der Waals surface area (Å²) in [7, 11) is 0. The molecule has 0 amide bonds. The van der Waals surface area contributed by atoms with Crippen molar-refractivity contribution >= 4 is 6.21 Å². The van der Waals surface area contributed by atoms with Crippen LogP contribution in [0.3, 0.4) is 0 Å². The molecule has 4 nitrogen and oxygen atoms in total. The molecule has 0 unspecified atom stereocenters. The minimum atomic E-state index is 0.0449. The Morgan fingerprint density at radius 3 is 3.15 bits per heavy atom. The van der Waals surface area contributed by atoms with Crippen LogP contribution in [0.4, 0.5) is 0 Å². The molecule has 1 rings (SSSR count). The summed E-state index contributed by atoms with van der Waals surface area (Å²) < 4.78 is 5.08. The van der Waals surface area contributed by atoms with Gasteiger partial charge in [0.05, 0.1) is 6.21 Å². The molecule has 0 atom stereocenters. The molecule has 0 aromatic heterocycles. The van der Waals surface area contributed by atoms with Crippen molar-refractivity contribution < 1.29 is 4.74 Å². The Morgan fingerprint density at radius 2 is 2.46 bits per heavy atom. The van der Waals surface area contributed by atoms with E-state index in [0.29, 0.717) is 5.75 Å². The quantitative estimate of drug-likeness (QED) is 0.421. The standard InChI is InChI=1S/C9H9N3O/c10-4-5-13-9-3-1-2-8(6-9)7-12-11/h1-3,6-7H,5,11H2/b12-7+. The number of hydrogen-bond donors (Lipinski definition) is 1. The third-order valence-corrected chi connectivity index (χ3v) is 1.39. The third-order valence-electron chi connectivity index (χ3n) is 1.39. The van der Waals surface area contributed by atoms with E-state index in [-0.39, 0.29) is 6.61 Å². The zero-order valence-corrected chi connectivity index (χ0v) is 6.97. The van der Waals surface area contributed by atoms with Gasteiger partial charge in [0, 0.05) is 0 Å². The average molecular weight is 175 g/mol. The molecule has 0 saturated carbocycles. The summed E-state index contributed by atoms with van der Waals surface area (Å²) in [5.74, 6) is 5.62. The maximum absolute atomic E-state index is 8.28. The van der Waals surface area contributed by atoms with Crippen molar-refractivity contribution in [3.63, 3.8) is 0 Å². The predicted molar refractivity (Wildman–Crippen MR) is 49.3 cm³/mol. The lowest BCUT2D eigenvalue weighted by molar-refractivity contribution is 0.368. The zero-order valence-electron chi connectivity index (χ0n) is 6.97. The highest BCUT2D eigenvalue weighted by molar-refractivity contribution is 5.79. The van der Waals surface area contributed by atoms with Crippen LogP contribution in [0.15, 0.2) is 29.4 Å². The van der Waals surface area contributed by atoms with Crippen LogP contribution in [0.1, 0.15) is 5.56 Å². The molecule has 0 aliphatic rings. The fourth-order valence-electron chi connectivity index (χ4n) is 0.886. The van der Waals surface area contributed by atoms with E-state index < -0.39 is 0 Å². The molecule has 2 N–H and O–H groups in total. The maximum atomic E-state index is 8.28. The summed E-state index contributed by atoms with van der Waals surface area (Å²) in [6.07, 6.45) is 1.51. The van der Waals surface area contributed by atoms with Crippen LogP contribution in [-0.4, -0.2) is 12.8 Å². The minimum absolute atomic E-state index is 0.0449. The first-order valence-electron chi connectivity index (χ1n) is 3.70. The molecule has 13 heavy (non-hydrogen) atoms. The largest absolute Gasteiger partial charge is 0.479 e. The van der Waals surface area contributed by atoms with Gasteiger partial charge < -0.3 is 10.6 Å². The lowest BCUT2D eigenvalue weighted by Crippen LogP contribution is -1.94. The number of benzene rings is 1. The van der Waals surface area contributed by atoms with Gasteiger partial charge in [-0.15, -0.1) is 0 Å². The van der Waals surface area contributed by atoms with Crippen molar-refractivity contribution in [2.75, 3.05) is 6.61 Å². The van der Waals surface area contributed by atoms with Gasteiger partial charge in [0.25, 0.3) is 0 Å². The SMILES string of the molecule is N#CCOc1cccc(/C=N/N)c1. The van der Waals surface area contributed by atoms with E-state index in [1.807, 2.05) is 18.2 Å². The molecule has 0 bridgehead atoms. The van der Waals surface area contributed by atoms with Gasteiger partial charge in [-0.1, -0.05) is 12.1 Å². The molecule has 0 aliphatic heterocycles. The van der Waals surface area contributed by atoms with Crippen molar-refractivity contribution in [3.8, 4) is 11.8 Å². The van der Waals surface area contributed by atoms with Gasteiger partial charge in [0.15, 0.2) is 6.61 Å². The van der Waals surface area contributed by atoms with E-state index in [9.17, 15) is 0 Å². The van der Waals surface area contributed by atoms with Gasteiger partial charge in [-0.3, -0.25) is 0 Å². The first-order valence-corrected chi connectivity index (χ1v) is 3.70. The van der Waals surface area contributed by atoms with Gasteiger partial charge in [0.1, 0.15) is 11.8 Å². The molecule has 1 aromatic carbocycles. The van der Waals surface area contributed by atoms with Crippen molar-refractivity contribution in [3.05, 3.63) is 29.8 Å². The van der Waals surface area contributed by atoms with Gasteiger partial charge in [-0.2, -0.15) is 10.4 Å². The fraction of sp³-hybridized carbons (Fsp3) is 0.111. The Hall–Kier alpha value is -2.02. The van der Waals surface area contributed by atoms with Crippen molar-refractivity contribution in [1.82, 2.24) is 0 Å². The second-order valence-electron chi connectivity index (χ2n) is 2.30. The number of nitrogens with zero attached hydrogens (tertiary/aromatic N) is 2. The molecule has 66 valence electrons. The molecule has 0 spiro atoms. The highest BCUT2D eigenvalue weighted by atomic mass is 16.5. The average Bonchev–Trinajstić information content (AvgIpc) is 2.16. The number of ether oxygens (including phenoxy) is 1. The molecule has 0 radical (unpaired) electrons. The summed E-state index contributed by atoms with van der Waals surface area (Å²) in [6.45, 7) is 0.0449. The summed E-state index contributed by atoms with van der Waals surface area (Å²) in [5.41, 5.74) is 0.845. The van der Waals surface area contributed by atoms with Crippen LogP contribution in [0.25, 0.3) is 0 Å². The number of nitrogens with two attached hydrogens (primary N) is 1. The smallest absolute Gasteiger partial charge is 0.174 e. The molecule has 0 fully saturated rings. The first kappa shape index (κ1) is 9.07. The van der Waals surface area contributed by atoms with Crippen LogP contribution >= 0.6 is 0 Å². The van der Waals surface area contributed by atoms with Gasteiger partial charge in [-0.05, 0) is 17.7 Å². The van der Waals surface area contributed by atoms with Crippen LogP contribution in [-0.2, 0) is 0 Å².